The summed E-state index contributed by atoms with van der Waals surface area (Å²) in [6, 6.07) is 35.5. The smallest absolute Gasteiger partial charge is 0.173 e. The van der Waals surface area contributed by atoms with Gasteiger partial charge in [-0.2, -0.15) is 0 Å². The van der Waals surface area contributed by atoms with E-state index >= 15 is 0 Å². The summed E-state index contributed by atoms with van der Waals surface area (Å²) in [7, 11) is -42.6. The van der Waals surface area contributed by atoms with Crippen molar-refractivity contribution in [1.29, 1.82) is 0 Å². The molecule has 462 valence electrons. The monoisotopic (exact) mass is 1390 g/mol. The number of halogens is 24. The number of H-pyrrole nitrogens is 1. The summed E-state index contributed by atoms with van der Waals surface area (Å²) in [4.78, 5) is 5.86. The fourth-order valence-corrected chi connectivity index (χ4v) is 12.5. The second-order valence-electron chi connectivity index (χ2n) is 17.3. The Labute approximate surface area is 475 Å². The van der Waals surface area contributed by atoms with Gasteiger partial charge in [-0.25, -0.2) is 18.3 Å². The molecular weight excluding hydrogens is 1350 g/mol. The van der Waals surface area contributed by atoms with Gasteiger partial charge in [0.15, 0.2) is 75.8 Å². The molecule has 0 radical (unpaired) electrons. The van der Waals surface area contributed by atoms with E-state index < -0.39 is 31.2 Å². The van der Waals surface area contributed by atoms with E-state index in [9.17, 15) is 101 Å². The first-order valence-corrected chi connectivity index (χ1v) is 34.8. The summed E-state index contributed by atoms with van der Waals surface area (Å²) in [5.74, 6) is 0. The molecule has 18 aliphatic heterocycles. The first-order chi connectivity index (χ1) is 36.9. The number of benzene rings is 2. The van der Waals surface area contributed by atoms with Crippen molar-refractivity contribution in [3.8, 4) is 22.3 Å². The quantitative estimate of drug-likeness (QED) is 0.101. The van der Waals surface area contributed by atoms with Gasteiger partial charge in [-0.05, 0) is 33.9 Å². The molecule has 0 amide bonds. The van der Waals surface area contributed by atoms with Crippen LogP contribution in [0.3, 0.4) is 0 Å². The zero-order valence-electron chi connectivity index (χ0n) is 41.1. The first-order valence-electron chi connectivity index (χ1n) is 22.1. The average Bonchev–Trinajstić information content (AvgIpc) is 4.23. The first kappa shape index (κ1) is 69.4. The van der Waals surface area contributed by atoms with Crippen LogP contribution in [0.5, 0.6) is 0 Å². The van der Waals surface area contributed by atoms with Crippen LogP contribution in [0.25, 0.3) is 22.3 Å². The summed E-state index contributed by atoms with van der Waals surface area (Å²) in [5.41, 5.74) is 10.1. The van der Waals surface area contributed by atoms with E-state index in [-0.39, 0.29) is 0 Å². The van der Waals surface area contributed by atoms with Gasteiger partial charge in [0.1, 0.15) is 0 Å². The van der Waals surface area contributed by atoms with Crippen LogP contribution in [0, 0.1) is 0 Å². The van der Waals surface area contributed by atoms with Crippen molar-refractivity contribution in [3.63, 3.8) is 0 Å². The number of aromatic amines is 1. The van der Waals surface area contributed by atoms with Crippen molar-refractivity contribution in [3.05, 3.63) is 199 Å². The van der Waals surface area contributed by atoms with Crippen LogP contribution in [0.1, 0.15) is 22.3 Å². The number of fused-ring (bicyclic) bond motifs is 1. The van der Waals surface area contributed by atoms with Gasteiger partial charge >= 0.3 is 132 Å². The Morgan fingerprint density at radius 2 is 0.554 bits per heavy atom. The zero-order valence-corrected chi connectivity index (χ0v) is 48.8. The second kappa shape index (κ2) is 22.1. The Balaban J connectivity index is 0.000000237. The Bertz CT molecular complexity index is 3020. The molecule has 2 aromatic carbocycles. The number of thioether (sulfide) groups is 5. The molecule has 5 nitrogen and oxygen atoms in total. The van der Waals surface area contributed by atoms with E-state index in [4.69, 9.17) is 0 Å². The van der Waals surface area contributed by atoms with Crippen LogP contribution >= 0.6 is 90.0 Å². The fourth-order valence-electron chi connectivity index (χ4n) is 6.58. The summed E-state index contributed by atoms with van der Waals surface area (Å²) in [6.45, 7) is 3.42. The Morgan fingerprint density at radius 3 is 0.747 bits per heavy atom. The van der Waals surface area contributed by atoms with Crippen molar-refractivity contribution in [2.75, 3.05) is 6.26 Å². The number of aromatic nitrogens is 5. The minimum Gasteiger partial charge on any atom is -0.201 e. The van der Waals surface area contributed by atoms with E-state index in [1.54, 1.807) is 0 Å². The van der Waals surface area contributed by atoms with Gasteiger partial charge in [-0.1, -0.05) is 95.6 Å². The average molecular weight is 1390 g/mol. The number of hydrogen-bond acceptors (Lipinski definition) is 5. The zero-order chi connectivity index (χ0) is 62.6. The second-order valence-corrected chi connectivity index (χ2v) is 30.7. The molecular formula is C45H39F24N5P4S5. The minimum absolute atomic E-state index is 0.854. The van der Waals surface area contributed by atoms with Crippen LogP contribution < -0.4 is 18.3 Å². The summed E-state index contributed by atoms with van der Waals surface area (Å²) < 4.78 is 250. The topological polar surface area (TPSA) is 31.3 Å². The molecule has 18 aliphatic rings. The van der Waals surface area contributed by atoms with Crippen LogP contribution in [-0.2, 0) is 26.2 Å². The van der Waals surface area contributed by atoms with Gasteiger partial charge in [-0.15, -0.1) is 11.8 Å². The molecule has 0 aliphatic carbocycles. The maximum atomic E-state index is 9.87. The van der Waals surface area contributed by atoms with Gasteiger partial charge < -0.3 is 4.98 Å². The van der Waals surface area contributed by atoms with E-state index in [1.807, 2.05) is 58.8 Å². The summed E-state index contributed by atoms with van der Waals surface area (Å²) in [5, 5.41) is 2.24. The van der Waals surface area contributed by atoms with E-state index in [2.05, 4.69) is 194 Å². The number of hydrogen-bond donors (Lipinski definition) is 1. The van der Waals surface area contributed by atoms with Crippen molar-refractivity contribution < 1.29 is 119 Å². The third-order valence-corrected chi connectivity index (χ3v) is 16.3. The molecule has 5 aromatic heterocycles. The molecule has 38 heteroatoms. The normalized spacial score (nSPS) is 17.4. The molecule has 0 saturated carbocycles. The maximum absolute atomic E-state index is 10.7. The van der Waals surface area contributed by atoms with Crippen LogP contribution in [0.2, 0.25) is 0 Å². The van der Waals surface area contributed by atoms with Crippen LogP contribution in [0.15, 0.2) is 187 Å². The summed E-state index contributed by atoms with van der Waals surface area (Å²) >= 11 is 9.34. The maximum Gasteiger partial charge on any atom is 0.173 e. The standard InChI is InChI=1S/C36H32N4.C9H7NS5.4F6P/c1-2-30-4-3-29(1)25-37-17-9-33(10-18-37)35-13-21-39(22-14-35)27-31-5-7-32(8-6-31)28-40-23-15-36(16-24-40)34-11-19-38(26-30)20-12-34;1-11-7-4-12-8(15-7)9-13-5-2-10-3-6(5)14-9;4*1-7(2,3,4,5)6/h1-24H,25-28H2;2-4,10H,1H3;;;;/q+4;;4*-1. The van der Waals surface area contributed by atoms with Gasteiger partial charge in [0.25, 0.3) is 0 Å². The third kappa shape index (κ3) is 35.0. The van der Waals surface area contributed by atoms with Crippen molar-refractivity contribution in [2.45, 2.75) is 36.0 Å². The Hall–Kier alpha value is -4.41. The largest absolute Gasteiger partial charge is 0.201 e. The molecule has 23 heterocycles. The number of rotatable bonds is 1. The molecule has 1 N–H and O–H groups in total. The fraction of sp³-hybridized carbons (Fsp3) is 0.111. The van der Waals surface area contributed by atoms with Gasteiger partial charge in [-0.3, -0.25) is 0 Å². The van der Waals surface area contributed by atoms with E-state index in [1.165, 1.54) is 67.0 Å². The predicted molar refractivity (Wildman–Crippen MR) is 284 cm³/mol. The molecule has 0 atom stereocenters. The van der Waals surface area contributed by atoms with Gasteiger partial charge in [0.2, 0.25) is 0 Å². The third-order valence-electron chi connectivity index (χ3n) is 9.64. The van der Waals surface area contributed by atoms with Crippen molar-refractivity contribution in [1.82, 2.24) is 4.98 Å². The van der Waals surface area contributed by atoms with Crippen LogP contribution in [0.4, 0.5) is 101 Å². The number of nitrogens with one attached hydrogen (secondary N) is 1. The molecule has 12 bridgehead atoms. The number of nitrogens with zero attached hydrogens (tertiary/aromatic N) is 4. The number of pyridine rings is 4. The molecule has 25 rings (SSSR count). The minimum atomic E-state index is -10.7. The molecule has 83 heavy (non-hydrogen) atoms. The SMILES string of the molecule is CSC1=CSC(=C2Sc3c[nH]cc3S2)S1.F[P-](F)(F)(F)(F)F.F[P-](F)(F)(F)(F)F.F[P-](F)(F)(F)(F)F.F[P-](F)(F)(F)(F)F.c1cc2ccc1C[n+]1ccc(cc1)-c1cc[n+](cc1)Cc1ccc(cc1)C[n+]1ccc(cc1)-c1cc[n+](cc1)C2. The molecule has 0 saturated heterocycles. The van der Waals surface area contributed by atoms with Crippen molar-refractivity contribution >= 4 is 90.0 Å². The predicted octanol–water partition coefficient (Wildman–Crippen LogP) is 23.2. The molecule has 0 spiro atoms. The molecule has 0 unspecified atom stereocenters. The summed E-state index contributed by atoms with van der Waals surface area (Å²) in [6.07, 6.45) is 23.6. The van der Waals surface area contributed by atoms with E-state index in [0.717, 1.165) is 26.2 Å². The van der Waals surface area contributed by atoms with Gasteiger partial charge in [0.05, 0.1) is 12.7 Å². The molecule has 7 aromatic rings. The molecule has 0 fully saturated rings. The Kier molecular flexibility index (Phi) is 18.4. The van der Waals surface area contributed by atoms with Gasteiger partial charge in [0, 0.05) is 93.0 Å². The van der Waals surface area contributed by atoms with Crippen LogP contribution in [-0.4, -0.2) is 11.2 Å². The Morgan fingerprint density at radius 1 is 0.337 bits per heavy atom. The van der Waals surface area contributed by atoms with E-state index in [0.29, 0.717) is 0 Å². The van der Waals surface area contributed by atoms with Crippen molar-refractivity contribution in [2.24, 2.45) is 0 Å².